The topological polar surface area (TPSA) is 12.0 Å². The molecule has 1 unspecified atom stereocenters. The summed E-state index contributed by atoms with van der Waals surface area (Å²) in [6.45, 7) is 0. The zero-order chi connectivity index (χ0) is 13.1. The minimum atomic E-state index is -0.199. The van der Waals surface area contributed by atoms with E-state index in [0.717, 1.165) is 5.56 Å². The molecule has 96 valence electrons. The fourth-order valence-corrected chi connectivity index (χ4v) is 3.42. The second-order valence-electron chi connectivity index (χ2n) is 3.92. The lowest BCUT2D eigenvalue weighted by atomic mass is 10.0. The maximum Gasteiger partial charge on any atom is 0.126 e. The van der Waals surface area contributed by atoms with Gasteiger partial charge in [-0.05, 0) is 31.2 Å². The third kappa shape index (κ3) is 3.04. The molecule has 0 saturated carbocycles. The van der Waals surface area contributed by atoms with Crippen LogP contribution in [0.15, 0.2) is 30.3 Å². The molecular weight excluding hydrogens is 292 g/mol. The van der Waals surface area contributed by atoms with Gasteiger partial charge in [-0.15, -0.1) is 11.3 Å². The summed E-state index contributed by atoms with van der Waals surface area (Å²) in [5.74, 6) is -0.199. The molecule has 5 heteroatoms. The Labute approximate surface area is 120 Å². The van der Waals surface area contributed by atoms with E-state index in [2.05, 4.69) is 5.32 Å². The standard InChI is InChI=1S/C13H12Cl2FNS/c1-17-11(9-7-12(14)18-13(9)15)6-8-4-2-3-5-10(8)16/h2-5,7,11,17H,6H2,1H3. The molecule has 1 aromatic heterocycles. The van der Waals surface area contributed by atoms with Gasteiger partial charge in [-0.1, -0.05) is 41.4 Å². The Morgan fingerprint density at radius 2 is 2.06 bits per heavy atom. The fraction of sp³-hybridized carbons (Fsp3) is 0.231. The van der Waals surface area contributed by atoms with Crippen molar-refractivity contribution in [3.63, 3.8) is 0 Å². The van der Waals surface area contributed by atoms with E-state index in [1.807, 2.05) is 19.2 Å². The normalized spacial score (nSPS) is 12.7. The molecule has 0 bridgehead atoms. The number of hydrogen-bond donors (Lipinski definition) is 1. The SMILES string of the molecule is CNC(Cc1ccccc1F)c1cc(Cl)sc1Cl. The molecule has 1 nitrogen and oxygen atoms in total. The van der Waals surface area contributed by atoms with Gasteiger partial charge in [-0.3, -0.25) is 0 Å². The molecule has 0 aliphatic carbocycles. The van der Waals surface area contributed by atoms with E-state index in [0.29, 0.717) is 20.7 Å². The van der Waals surface area contributed by atoms with Gasteiger partial charge in [-0.25, -0.2) is 4.39 Å². The van der Waals surface area contributed by atoms with Crippen LogP contribution in [0.4, 0.5) is 4.39 Å². The van der Waals surface area contributed by atoms with Crippen LogP contribution in [-0.4, -0.2) is 7.05 Å². The monoisotopic (exact) mass is 303 g/mol. The Hall–Kier alpha value is -0.610. The molecule has 1 aromatic carbocycles. The molecule has 1 heterocycles. The largest absolute Gasteiger partial charge is 0.313 e. The average Bonchev–Trinajstić information content (AvgIpc) is 2.67. The van der Waals surface area contributed by atoms with Crippen molar-refractivity contribution >= 4 is 34.5 Å². The Morgan fingerprint density at radius 3 is 2.61 bits per heavy atom. The zero-order valence-electron chi connectivity index (χ0n) is 9.71. The fourth-order valence-electron chi connectivity index (χ4n) is 1.84. The van der Waals surface area contributed by atoms with Crippen LogP contribution in [0.5, 0.6) is 0 Å². The van der Waals surface area contributed by atoms with Crippen LogP contribution in [0.1, 0.15) is 17.2 Å². The number of likely N-dealkylation sites (N-methyl/N-ethyl adjacent to an activating group) is 1. The van der Waals surface area contributed by atoms with Gasteiger partial charge in [0.2, 0.25) is 0 Å². The lowest BCUT2D eigenvalue weighted by Gasteiger charge is -2.16. The first-order valence-electron chi connectivity index (χ1n) is 5.47. The molecule has 0 amide bonds. The summed E-state index contributed by atoms with van der Waals surface area (Å²) in [4.78, 5) is 0. The van der Waals surface area contributed by atoms with Gasteiger partial charge in [0.05, 0.1) is 8.67 Å². The quantitative estimate of drug-likeness (QED) is 0.863. The van der Waals surface area contributed by atoms with Crippen LogP contribution in [0.2, 0.25) is 8.67 Å². The minimum Gasteiger partial charge on any atom is -0.313 e. The van der Waals surface area contributed by atoms with Gasteiger partial charge >= 0.3 is 0 Å². The van der Waals surface area contributed by atoms with Crippen molar-refractivity contribution in [2.75, 3.05) is 7.05 Å². The first-order valence-corrected chi connectivity index (χ1v) is 7.04. The maximum atomic E-state index is 13.6. The summed E-state index contributed by atoms with van der Waals surface area (Å²) in [5, 5.41) is 3.15. The molecule has 1 atom stereocenters. The molecular formula is C13H12Cl2FNS. The van der Waals surface area contributed by atoms with E-state index >= 15 is 0 Å². The first-order chi connectivity index (χ1) is 8.61. The molecule has 18 heavy (non-hydrogen) atoms. The predicted molar refractivity (Wildman–Crippen MR) is 76.2 cm³/mol. The number of thiophene rings is 1. The highest BCUT2D eigenvalue weighted by Gasteiger charge is 2.17. The van der Waals surface area contributed by atoms with Crippen molar-refractivity contribution in [2.24, 2.45) is 0 Å². The van der Waals surface area contributed by atoms with Gasteiger partial charge in [-0.2, -0.15) is 0 Å². The average molecular weight is 304 g/mol. The van der Waals surface area contributed by atoms with Gasteiger partial charge in [0, 0.05) is 11.6 Å². The molecule has 1 N–H and O–H groups in total. The van der Waals surface area contributed by atoms with E-state index in [-0.39, 0.29) is 11.9 Å². The van der Waals surface area contributed by atoms with Crippen molar-refractivity contribution in [2.45, 2.75) is 12.5 Å². The molecule has 0 radical (unpaired) electrons. The van der Waals surface area contributed by atoms with Crippen molar-refractivity contribution in [3.05, 3.63) is 55.9 Å². The Balaban J connectivity index is 2.25. The highest BCUT2D eigenvalue weighted by Crippen LogP contribution is 2.36. The van der Waals surface area contributed by atoms with E-state index in [9.17, 15) is 4.39 Å². The van der Waals surface area contributed by atoms with Crippen LogP contribution in [-0.2, 0) is 6.42 Å². The Bertz CT molecular complexity index is 542. The maximum absolute atomic E-state index is 13.6. The molecule has 0 fully saturated rings. The minimum absolute atomic E-state index is 0.0434. The smallest absolute Gasteiger partial charge is 0.126 e. The van der Waals surface area contributed by atoms with E-state index < -0.39 is 0 Å². The number of rotatable bonds is 4. The van der Waals surface area contributed by atoms with Crippen LogP contribution in [0.3, 0.4) is 0 Å². The lowest BCUT2D eigenvalue weighted by Crippen LogP contribution is -2.19. The summed E-state index contributed by atoms with van der Waals surface area (Å²) in [7, 11) is 1.83. The van der Waals surface area contributed by atoms with Gasteiger partial charge < -0.3 is 5.32 Å². The van der Waals surface area contributed by atoms with Crippen LogP contribution >= 0.6 is 34.5 Å². The summed E-state index contributed by atoms with van der Waals surface area (Å²) >= 11 is 13.4. The lowest BCUT2D eigenvalue weighted by molar-refractivity contribution is 0.555. The summed E-state index contributed by atoms with van der Waals surface area (Å²) < 4.78 is 14.9. The number of benzene rings is 1. The van der Waals surface area contributed by atoms with Crippen molar-refractivity contribution in [3.8, 4) is 0 Å². The highest BCUT2D eigenvalue weighted by molar-refractivity contribution is 7.20. The van der Waals surface area contributed by atoms with Crippen LogP contribution < -0.4 is 5.32 Å². The summed E-state index contributed by atoms with van der Waals surface area (Å²) in [5.41, 5.74) is 1.58. The van der Waals surface area contributed by atoms with Crippen LogP contribution in [0.25, 0.3) is 0 Å². The number of halogens is 3. The second kappa shape index (κ2) is 6.02. The molecule has 0 saturated heterocycles. The van der Waals surface area contributed by atoms with E-state index in [1.165, 1.54) is 17.4 Å². The zero-order valence-corrected chi connectivity index (χ0v) is 12.0. The molecule has 0 spiro atoms. The van der Waals surface area contributed by atoms with Gasteiger partial charge in [0.15, 0.2) is 0 Å². The van der Waals surface area contributed by atoms with Crippen molar-refractivity contribution in [1.82, 2.24) is 5.32 Å². The molecule has 0 aliphatic rings. The van der Waals surface area contributed by atoms with Crippen molar-refractivity contribution in [1.29, 1.82) is 0 Å². The number of nitrogens with one attached hydrogen (secondary N) is 1. The highest BCUT2D eigenvalue weighted by atomic mass is 35.5. The molecule has 2 rings (SSSR count). The first kappa shape index (κ1) is 13.8. The Morgan fingerprint density at radius 1 is 1.33 bits per heavy atom. The Kier molecular flexibility index (Phi) is 4.62. The molecule has 0 aliphatic heterocycles. The van der Waals surface area contributed by atoms with Crippen molar-refractivity contribution < 1.29 is 4.39 Å². The summed E-state index contributed by atoms with van der Waals surface area (Å²) in [6, 6.07) is 8.54. The van der Waals surface area contributed by atoms with Gasteiger partial charge in [0.25, 0.3) is 0 Å². The third-order valence-electron chi connectivity index (χ3n) is 2.79. The van der Waals surface area contributed by atoms with Crippen LogP contribution in [0, 0.1) is 5.82 Å². The van der Waals surface area contributed by atoms with Gasteiger partial charge in [0.1, 0.15) is 5.82 Å². The molecule has 2 aromatic rings. The predicted octanol–water partition coefficient (Wildman–Crippen LogP) is 4.70. The van der Waals surface area contributed by atoms with E-state index in [1.54, 1.807) is 12.1 Å². The number of hydrogen-bond acceptors (Lipinski definition) is 2. The van der Waals surface area contributed by atoms with E-state index in [4.69, 9.17) is 23.2 Å². The third-order valence-corrected chi connectivity index (χ3v) is 4.31. The second-order valence-corrected chi connectivity index (χ2v) is 6.20. The summed E-state index contributed by atoms with van der Waals surface area (Å²) in [6.07, 6.45) is 0.538.